The van der Waals surface area contributed by atoms with Gasteiger partial charge in [-0.1, -0.05) is 0 Å². The first-order valence-corrected chi connectivity index (χ1v) is 5.02. The predicted octanol–water partition coefficient (Wildman–Crippen LogP) is 0.296. The summed E-state index contributed by atoms with van der Waals surface area (Å²) >= 11 is 0. The first-order chi connectivity index (χ1) is 8.08. The van der Waals surface area contributed by atoms with Crippen LogP contribution in [-0.2, 0) is 4.79 Å². The van der Waals surface area contributed by atoms with Crippen LogP contribution in [0.5, 0.6) is 0 Å². The SMILES string of the molecule is O=C(O)C1CCN(c2ncc([N+](=O)[O-])cn2)C1. The molecule has 1 aromatic rings. The van der Waals surface area contributed by atoms with Crippen LogP contribution >= 0.6 is 0 Å². The van der Waals surface area contributed by atoms with Crippen LogP contribution in [0.2, 0.25) is 0 Å². The molecule has 0 amide bonds. The maximum absolute atomic E-state index is 10.8. The molecule has 1 fully saturated rings. The van der Waals surface area contributed by atoms with Gasteiger partial charge in [0.1, 0.15) is 12.4 Å². The molecule has 90 valence electrons. The fourth-order valence-electron chi connectivity index (χ4n) is 1.72. The van der Waals surface area contributed by atoms with E-state index < -0.39 is 16.8 Å². The van der Waals surface area contributed by atoms with E-state index in [1.165, 1.54) is 0 Å². The molecule has 17 heavy (non-hydrogen) atoms. The fourth-order valence-corrected chi connectivity index (χ4v) is 1.72. The topological polar surface area (TPSA) is 109 Å². The van der Waals surface area contributed by atoms with E-state index in [0.29, 0.717) is 25.5 Å². The largest absolute Gasteiger partial charge is 0.481 e. The molecular weight excluding hydrogens is 228 g/mol. The number of nitrogens with zero attached hydrogens (tertiary/aromatic N) is 4. The smallest absolute Gasteiger partial charge is 0.308 e. The molecule has 8 nitrogen and oxygen atoms in total. The molecule has 0 radical (unpaired) electrons. The minimum atomic E-state index is -0.839. The maximum atomic E-state index is 10.8. The van der Waals surface area contributed by atoms with Crippen LogP contribution in [0.15, 0.2) is 12.4 Å². The van der Waals surface area contributed by atoms with E-state index in [-0.39, 0.29) is 5.69 Å². The summed E-state index contributed by atoms with van der Waals surface area (Å²) in [6.07, 6.45) is 2.78. The zero-order valence-electron chi connectivity index (χ0n) is 8.81. The Morgan fingerprint density at radius 3 is 2.65 bits per heavy atom. The zero-order chi connectivity index (χ0) is 12.4. The van der Waals surface area contributed by atoms with Crippen molar-refractivity contribution in [2.75, 3.05) is 18.0 Å². The third-order valence-corrected chi connectivity index (χ3v) is 2.66. The Bertz CT molecular complexity index is 447. The second-order valence-electron chi connectivity index (χ2n) is 3.77. The first-order valence-electron chi connectivity index (χ1n) is 5.02. The van der Waals surface area contributed by atoms with Gasteiger partial charge in [0, 0.05) is 13.1 Å². The lowest BCUT2D eigenvalue weighted by molar-refractivity contribution is -0.385. The van der Waals surface area contributed by atoms with E-state index in [4.69, 9.17) is 5.11 Å². The number of carbonyl (C=O) groups is 1. The minimum Gasteiger partial charge on any atom is -0.481 e. The highest BCUT2D eigenvalue weighted by molar-refractivity contribution is 5.71. The Morgan fingerprint density at radius 2 is 2.18 bits per heavy atom. The van der Waals surface area contributed by atoms with Crippen LogP contribution in [0, 0.1) is 16.0 Å². The van der Waals surface area contributed by atoms with Gasteiger partial charge >= 0.3 is 11.7 Å². The van der Waals surface area contributed by atoms with E-state index >= 15 is 0 Å². The number of hydrogen-bond donors (Lipinski definition) is 1. The number of nitro groups is 1. The molecule has 2 heterocycles. The highest BCUT2D eigenvalue weighted by Gasteiger charge is 2.29. The monoisotopic (exact) mass is 238 g/mol. The number of aromatic nitrogens is 2. The normalized spacial score (nSPS) is 19.3. The third kappa shape index (κ3) is 2.30. The third-order valence-electron chi connectivity index (χ3n) is 2.66. The number of carboxylic acid groups (broad SMARTS) is 1. The van der Waals surface area contributed by atoms with Crippen LogP contribution in [0.3, 0.4) is 0 Å². The molecule has 8 heteroatoms. The lowest BCUT2D eigenvalue weighted by atomic mass is 10.1. The van der Waals surface area contributed by atoms with Crippen molar-refractivity contribution in [3.63, 3.8) is 0 Å². The molecule has 0 aliphatic carbocycles. The quantitative estimate of drug-likeness (QED) is 0.595. The van der Waals surface area contributed by atoms with Gasteiger partial charge in [-0.15, -0.1) is 0 Å². The lowest BCUT2D eigenvalue weighted by Gasteiger charge is -2.14. The van der Waals surface area contributed by atoms with Gasteiger partial charge in [0.15, 0.2) is 0 Å². The Morgan fingerprint density at radius 1 is 1.53 bits per heavy atom. The van der Waals surface area contributed by atoms with Crippen molar-refractivity contribution in [1.29, 1.82) is 0 Å². The van der Waals surface area contributed by atoms with E-state index in [1.54, 1.807) is 4.90 Å². The molecule has 1 atom stereocenters. The van der Waals surface area contributed by atoms with E-state index in [9.17, 15) is 14.9 Å². The number of carboxylic acids is 1. The van der Waals surface area contributed by atoms with Gasteiger partial charge in [0.2, 0.25) is 5.95 Å². The van der Waals surface area contributed by atoms with Crippen LogP contribution in [0.1, 0.15) is 6.42 Å². The van der Waals surface area contributed by atoms with Crippen LogP contribution in [0.4, 0.5) is 11.6 Å². The molecule has 1 aliphatic heterocycles. The van der Waals surface area contributed by atoms with Gasteiger partial charge in [0.05, 0.1) is 10.8 Å². The number of hydrogen-bond acceptors (Lipinski definition) is 6. The molecule has 0 saturated carbocycles. The fraction of sp³-hybridized carbons (Fsp3) is 0.444. The number of aliphatic carboxylic acids is 1. The average Bonchev–Trinajstić information content (AvgIpc) is 2.78. The molecule has 1 unspecified atom stereocenters. The van der Waals surface area contributed by atoms with Crippen molar-refractivity contribution in [2.45, 2.75) is 6.42 Å². The second-order valence-corrected chi connectivity index (χ2v) is 3.77. The van der Waals surface area contributed by atoms with Crippen LogP contribution in [0.25, 0.3) is 0 Å². The van der Waals surface area contributed by atoms with E-state index in [1.807, 2.05) is 0 Å². The highest BCUT2D eigenvalue weighted by Crippen LogP contribution is 2.21. The molecule has 0 spiro atoms. The van der Waals surface area contributed by atoms with Crippen molar-refractivity contribution in [2.24, 2.45) is 5.92 Å². The van der Waals surface area contributed by atoms with Gasteiger partial charge < -0.3 is 10.0 Å². The molecule has 1 saturated heterocycles. The molecule has 1 N–H and O–H groups in total. The molecule has 0 aromatic carbocycles. The summed E-state index contributed by atoms with van der Waals surface area (Å²) in [4.78, 5) is 30.0. The summed E-state index contributed by atoms with van der Waals surface area (Å²) in [6, 6.07) is 0. The number of rotatable bonds is 3. The van der Waals surface area contributed by atoms with Crippen molar-refractivity contribution in [1.82, 2.24) is 9.97 Å². The highest BCUT2D eigenvalue weighted by atomic mass is 16.6. The standard InChI is InChI=1S/C9H10N4O4/c14-8(15)6-1-2-12(5-6)9-10-3-7(4-11-9)13(16)17/h3-4,6H,1-2,5H2,(H,14,15). The Labute approximate surface area is 96.1 Å². The molecule has 0 bridgehead atoms. The maximum Gasteiger partial charge on any atom is 0.308 e. The van der Waals surface area contributed by atoms with Crippen molar-refractivity contribution in [3.05, 3.63) is 22.5 Å². The molecule has 2 rings (SSSR count). The number of anilines is 1. The van der Waals surface area contributed by atoms with Crippen molar-refractivity contribution < 1.29 is 14.8 Å². The lowest BCUT2D eigenvalue weighted by Crippen LogP contribution is -2.24. The summed E-state index contributed by atoms with van der Waals surface area (Å²) < 4.78 is 0. The first kappa shape index (κ1) is 11.2. The molecule has 1 aliphatic rings. The average molecular weight is 238 g/mol. The Kier molecular flexibility index (Phi) is 2.86. The Balaban J connectivity index is 2.09. The van der Waals surface area contributed by atoms with E-state index in [2.05, 4.69) is 9.97 Å². The van der Waals surface area contributed by atoms with Gasteiger partial charge in [0.25, 0.3) is 0 Å². The molecule has 1 aromatic heterocycles. The Hall–Kier alpha value is -2.25. The minimum absolute atomic E-state index is 0.178. The van der Waals surface area contributed by atoms with Crippen molar-refractivity contribution in [3.8, 4) is 0 Å². The predicted molar refractivity (Wildman–Crippen MR) is 56.6 cm³/mol. The summed E-state index contributed by atoms with van der Waals surface area (Å²) in [5.74, 6) is -0.928. The summed E-state index contributed by atoms with van der Waals surface area (Å²) in [6.45, 7) is 0.891. The van der Waals surface area contributed by atoms with Crippen LogP contribution < -0.4 is 4.90 Å². The van der Waals surface area contributed by atoms with Gasteiger partial charge in [-0.05, 0) is 6.42 Å². The van der Waals surface area contributed by atoms with Crippen molar-refractivity contribution >= 4 is 17.6 Å². The summed E-state index contributed by atoms with van der Waals surface area (Å²) in [5.41, 5.74) is -0.178. The van der Waals surface area contributed by atoms with Gasteiger partial charge in [-0.2, -0.15) is 0 Å². The second kappa shape index (κ2) is 4.32. The summed E-state index contributed by atoms with van der Waals surface area (Å²) in [5, 5.41) is 19.2. The van der Waals surface area contributed by atoms with Gasteiger partial charge in [-0.3, -0.25) is 14.9 Å². The summed E-state index contributed by atoms with van der Waals surface area (Å²) in [7, 11) is 0. The zero-order valence-corrected chi connectivity index (χ0v) is 8.81. The van der Waals surface area contributed by atoms with E-state index in [0.717, 1.165) is 12.4 Å². The van der Waals surface area contributed by atoms with Gasteiger partial charge in [-0.25, -0.2) is 9.97 Å². The molecular formula is C9H10N4O4. The van der Waals surface area contributed by atoms with Crippen LogP contribution in [-0.4, -0.2) is 39.1 Å².